The van der Waals surface area contributed by atoms with Crippen molar-refractivity contribution in [3.63, 3.8) is 0 Å². The summed E-state index contributed by atoms with van der Waals surface area (Å²) in [6.45, 7) is 1.76. The van der Waals surface area contributed by atoms with Crippen LogP contribution in [0.1, 0.15) is 30.1 Å². The molecule has 0 saturated heterocycles. The standard InChI is InChI=1S/C19H19N5O2/c1-13(15-9-5-6-11-20-15)18(25)23-17(14-7-3-2-4-8-14)19(26)22-16-10-12-21-24-16/h2-13,17H,1H3,(H,23,25)(H2,21,22,24,26)/t13-,17-/m0/s1. The van der Waals surface area contributed by atoms with Gasteiger partial charge in [0.1, 0.15) is 11.9 Å². The van der Waals surface area contributed by atoms with Crippen molar-refractivity contribution in [3.05, 3.63) is 78.2 Å². The van der Waals surface area contributed by atoms with Gasteiger partial charge in [-0.3, -0.25) is 19.7 Å². The molecule has 0 fully saturated rings. The van der Waals surface area contributed by atoms with Crippen LogP contribution in [0.3, 0.4) is 0 Å². The van der Waals surface area contributed by atoms with Crippen LogP contribution in [0.5, 0.6) is 0 Å². The minimum absolute atomic E-state index is 0.280. The van der Waals surface area contributed by atoms with Gasteiger partial charge < -0.3 is 10.6 Å². The molecule has 0 saturated carbocycles. The number of hydrogen-bond donors (Lipinski definition) is 3. The van der Waals surface area contributed by atoms with Crippen LogP contribution in [-0.4, -0.2) is 27.0 Å². The molecule has 132 valence electrons. The van der Waals surface area contributed by atoms with Crippen LogP contribution < -0.4 is 10.6 Å². The summed E-state index contributed by atoms with van der Waals surface area (Å²) >= 11 is 0. The van der Waals surface area contributed by atoms with Crippen molar-refractivity contribution >= 4 is 17.6 Å². The number of carbonyl (C=O) groups excluding carboxylic acids is 2. The number of amides is 2. The van der Waals surface area contributed by atoms with E-state index in [2.05, 4.69) is 25.8 Å². The molecule has 2 atom stereocenters. The summed E-state index contributed by atoms with van der Waals surface area (Å²) in [5.41, 5.74) is 1.33. The van der Waals surface area contributed by atoms with Crippen LogP contribution in [0.25, 0.3) is 0 Å². The quantitative estimate of drug-likeness (QED) is 0.636. The fraction of sp³-hybridized carbons (Fsp3) is 0.158. The molecule has 0 bridgehead atoms. The number of pyridine rings is 1. The number of benzene rings is 1. The maximum absolute atomic E-state index is 12.7. The van der Waals surface area contributed by atoms with Crippen LogP contribution in [0.2, 0.25) is 0 Å². The highest BCUT2D eigenvalue weighted by atomic mass is 16.2. The Bertz CT molecular complexity index is 850. The van der Waals surface area contributed by atoms with E-state index >= 15 is 0 Å². The van der Waals surface area contributed by atoms with Crippen molar-refractivity contribution in [2.45, 2.75) is 18.9 Å². The number of aromatic nitrogens is 3. The predicted molar refractivity (Wildman–Crippen MR) is 97.2 cm³/mol. The molecule has 2 amide bonds. The molecular weight excluding hydrogens is 330 g/mol. The number of aromatic amines is 1. The lowest BCUT2D eigenvalue weighted by molar-refractivity contribution is -0.127. The monoisotopic (exact) mass is 349 g/mol. The SMILES string of the molecule is C[C@H](C(=O)N[C@H](C(=O)Nc1ccn[nH]1)c1ccccc1)c1ccccn1. The van der Waals surface area contributed by atoms with Gasteiger partial charge in [0.2, 0.25) is 5.91 Å². The summed E-state index contributed by atoms with van der Waals surface area (Å²) in [7, 11) is 0. The normalized spacial score (nSPS) is 12.8. The largest absolute Gasteiger partial charge is 0.340 e. The molecule has 0 aliphatic carbocycles. The van der Waals surface area contributed by atoms with Gasteiger partial charge in [0, 0.05) is 12.3 Å². The van der Waals surface area contributed by atoms with Crippen molar-refractivity contribution in [2.24, 2.45) is 0 Å². The third kappa shape index (κ3) is 4.13. The molecule has 0 spiro atoms. The van der Waals surface area contributed by atoms with E-state index in [9.17, 15) is 9.59 Å². The maximum atomic E-state index is 12.7. The highest BCUT2D eigenvalue weighted by Gasteiger charge is 2.26. The molecule has 3 aromatic rings. The number of H-pyrrole nitrogens is 1. The minimum Gasteiger partial charge on any atom is -0.340 e. The second-order valence-corrected chi connectivity index (χ2v) is 5.79. The Hall–Kier alpha value is -3.48. The zero-order valence-corrected chi connectivity index (χ0v) is 14.2. The van der Waals surface area contributed by atoms with Crippen LogP contribution >= 0.6 is 0 Å². The van der Waals surface area contributed by atoms with E-state index in [1.54, 1.807) is 43.5 Å². The van der Waals surface area contributed by atoms with Crippen molar-refractivity contribution < 1.29 is 9.59 Å². The van der Waals surface area contributed by atoms with Crippen molar-refractivity contribution in [1.29, 1.82) is 0 Å². The fourth-order valence-electron chi connectivity index (χ4n) is 2.51. The first-order valence-corrected chi connectivity index (χ1v) is 8.21. The summed E-state index contributed by atoms with van der Waals surface area (Å²) in [6.07, 6.45) is 3.17. The van der Waals surface area contributed by atoms with Crippen LogP contribution in [0.15, 0.2) is 67.0 Å². The first-order valence-electron chi connectivity index (χ1n) is 8.21. The summed E-state index contributed by atoms with van der Waals surface area (Å²) in [6, 6.07) is 15.3. The molecular formula is C19H19N5O2. The molecule has 7 heteroatoms. The minimum atomic E-state index is -0.835. The van der Waals surface area contributed by atoms with Crippen LogP contribution in [0.4, 0.5) is 5.82 Å². The van der Waals surface area contributed by atoms with Gasteiger partial charge >= 0.3 is 0 Å². The third-order valence-electron chi connectivity index (χ3n) is 3.97. The van der Waals surface area contributed by atoms with Gasteiger partial charge in [-0.2, -0.15) is 5.10 Å². The van der Waals surface area contributed by atoms with Crippen LogP contribution in [0, 0.1) is 0 Å². The molecule has 0 unspecified atom stereocenters. The molecule has 0 radical (unpaired) electrons. The topological polar surface area (TPSA) is 99.8 Å². The molecule has 1 aromatic carbocycles. The van der Waals surface area contributed by atoms with E-state index in [0.29, 0.717) is 17.1 Å². The summed E-state index contributed by atoms with van der Waals surface area (Å²) in [4.78, 5) is 29.6. The molecule has 3 rings (SSSR count). The maximum Gasteiger partial charge on any atom is 0.252 e. The summed E-state index contributed by atoms with van der Waals surface area (Å²) in [5.74, 6) is -0.662. The number of nitrogens with zero attached hydrogens (tertiary/aromatic N) is 2. The molecule has 3 N–H and O–H groups in total. The van der Waals surface area contributed by atoms with Gasteiger partial charge in [0.05, 0.1) is 17.8 Å². The fourth-order valence-corrected chi connectivity index (χ4v) is 2.51. The lowest BCUT2D eigenvalue weighted by Gasteiger charge is -2.20. The second kappa shape index (κ2) is 8.06. The van der Waals surface area contributed by atoms with Gasteiger partial charge in [0.15, 0.2) is 0 Å². The van der Waals surface area contributed by atoms with Gasteiger partial charge in [-0.1, -0.05) is 36.4 Å². The van der Waals surface area contributed by atoms with Crippen molar-refractivity contribution in [1.82, 2.24) is 20.5 Å². The van der Waals surface area contributed by atoms with Crippen molar-refractivity contribution in [3.8, 4) is 0 Å². The Labute approximate surface area is 150 Å². The van der Waals surface area contributed by atoms with Crippen molar-refractivity contribution in [2.75, 3.05) is 5.32 Å². The zero-order chi connectivity index (χ0) is 18.4. The highest BCUT2D eigenvalue weighted by molar-refractivity contribution is 5.98. The molecule has 7 nitrogen and oxygen atoms in total. The molecule has 0 aliphatic rings. The summed E-state index contributed by atoms with van der Waals surface area (Å²) < 4.78 is 0. The number of anilines is 1. The predicted octanol–water partition coefficient (Wildman–Crippen LogP) is 2.40. The Kier molecular flexibility index (Phi) is 5.38. The number of rotatable bonds is 6. The van der Waals surface area contributed by atoms with Crippen LogP contribution in [-0.2, 0) is 9.59 Å². The van der Waals surface area contributed by atoms with E-state index in [1.807, 2.05) is 24.3 Å². The molecule has 2 heterocycles. The van der Waals surface area contributed by atoms with Gasteiger partial charge in [-0.05, 0) is 24.6 Å². The Morgan fingerprint density at radius 3 is 2.38 bits per heavy atom. The van der Waals surface area contributed by atoms with Gasteiger partial charge in [-0.15, -0.1) is 0 Å². The summed E-state index contributed by atoms with van der Waals surface area (Å²) in [5, 5.41) is 12.0. The lowest BCUT2D eigenvalue weighted by Crippen LogP contribution is -2.39. The Balaban J connectivity index is 1.79. The molecule has 2 aromatic heterocycles. The average Bonchev–Trinajstić information content (AvgIpc) is 3.19. The highest BCUT2D eigenvalue weighted by Crippen LogP contribution is 2.18. The van der Waals surface area contributed by atoms with Gasteiger partial charge in [0.25, 0.3) is 5.91 Å². The zero-order valence-electron chi connectivity index (χ0n) is 14.2. The Morgan fingerprint density at radius 2 is 1.73 bits per heavy atom. The first-order chi connectivity index (χ1) is 12.6. The van der Waals surface area contributed by atoms with E-state index in [4.69, 9.17) is 0 Å². The average molecular weight is 349 g/mol. The van der Waals surface area contributed by atoms with E-state index in [0.717, 1.165) is 0 Å². The lowest BCUT2D eigenvalue weighted by atomic mass is 10.0. The molecule has 0 aliphatic heterocycles. The third-order valence-corrected chi connectivity index (χ3v) is 3.97. The number of hydrogen-bond acceptors (Lipinski definition) is 4. The smallest absolute Gasteiger partial charge is 0.252 e. The van der Waals surface area contributed by atoms with Gasteiger partial charge in [-0.25, -0.2) is 0 Å². The number of carbonyl (C=O) groups is 2. The second-order valence-electron chi connectivity index (χ2n) is 5.79. The van der Waals surface area contributed by atoms with E-state index in [-0.39, 0.29) is 11.8 Å². The molecule has 26 heavy (non-hydrogen) atoms. The first kappa shape index (κ1) is 17.3. The van der Waals surface area contributed by atoms with E-state index in [1.165, 1.54) is 6.20 Å². The van der Waals surface area contributed by atoms with E-state index < -0.39 is 12.0 Å². The number of nitrogens with one attached hydrogen (secondary N) is 3. The Morgan fingerprint density at radius 1 is 0.962 bits per heavy atom.